The second-order valence-electron chi connectivity index (χ2n) is 6.08. The molecule has 0 unspecified atom stereocenters. The van der Waals surface area contributed by atoms with Crippen molar-refractivity contribution in [2.45, 2.75) is 6.42 Å². The highest BCUT2D eigenvalue weighted by molar-refractivity contribution is 7.76. The van der Waals surface area contributed by atoms with E-state index in [1.54, 1.807) is 18.2 Å². The Labute approximate surface area is 167 Å². The second kappa shape index (κ2) is 8.07. The van der Waals surface area contributed by atoms with E-state index in [2.05, 4.69) is 0 Å². The van der Waals surface area contributed by atoms with Gasteiger partial charge in [0.25, 0.3) is 0 Å². The topological polar surface area (TPSA) is 77.8 Å². The van der Waals surface area contributed by atoms with Gasteiger partial charge in [-0.3, -0.25) is 0 Å². The fourth-order valence-corrected chi connectivity index (χ4v) is 3.54. The predicted molar refractivity (Wildman–Crippen MR) is 109 cm³/mol. The molecule has 0 aromatic heterocycles. The molecule has 0 aliphatic carbocycles. The van der Waals surface area contributed by atoms with Gasteiger partial charge in [0, 0.05) is 0 Å². The molecule has 0 amide bonds. The minimum Gasteiger partial charge on any atom is -0.238 e. The molecule has 7 heteroatoms. The number of rotatable bonds is 5. The summed E-state index contributed by atoms with van der Waals surface area (Å²) < 4.78 is 0. The lowest BCUT2D eigenvalue weighted by atomic mass is 9.98. The largest absolute Gasteiger partial charge is 0.483 e. The van der Waals surface area contributed by atoms with Crippen molar-refractivity contribution >= 4 is 36.7 Å². The average Bonchev–Trinajstić information content (AvgIpc) is 2.64. The molecule has 0 aliphatic rings. The van der Waals surface area contributed by atoms with Gasteiger partial charge in [-0.25, -0.2) is 4.79 Å². The fourth-order valence-electron chi connectivity index (χ4n) is 2.72. The van der Waals surface area contributed by atoms with Crippen molar-refractivity contribution in [2.24, 2.45) is 0 Å². The summed E-state index contributed by atoms with van der Waals surface area (Å²) in [5.74, 6) is 0. The molecule has 3 aromatic carbocycles. The summed E-state index contributed by atoms with van der Waals surface area (Å²) in [7, 11) is -4.53. The van der Waals surface area contributed by atoms with Crippen LogP contribution in [0.15, 0.2) is 66.7 Å². The van der Waals surface area contributed by atoms with E-state index in [9.17, 15) is 4.79 Å². The molecule has 0 radical (unpaired) electrons. The predicted octanol–water partition coefficient (Wildman–Crippen LogP) is 5.13. The first-order valence-electron chi connectivity index (χ1n) is 7.99. The Hall–Kier alpha value is -1.78. The first-order chi connectivity index (χ1) is 12.7. The molecule has 27 heavy (non-hydrogen) atoms. The van der Waals surface area contributed by atoms with Gasteiger partial charge in [0.05, 0.1) is 15.6 Å². The van der Waals surface area contributed by atoms with Gasteiger partial charge in [0.1, 0.15) is 0 Å². The molecule has 0 bridgehead atoms. The van der Waals surface area contributed by atoms with Crippen LogP contribution in [0.25, 0.3) is 11.1 Å². The van der Waals surface area contributed by atoms with Crippen molar-refractivity contribution in [3.05, 3.63) is 93.5 Å². The minimum atomic E-state index is -4.53. The number of hydrogen-bond acceptors (Lipinski definition) is 4. The number of carbonyl (C=O) groups excluding carboxylic acids is 1. The smallest absolute Gasteiger partial charge is 0.238 e. The van der Waals surface area contributed by atoms with E-state index < -0.39 is 13.5 Å². The summed E-state index contributed by atoms with van der Waals surface area (Å²) in [6.07, 6.45) is 0.688. The van der Waals surface area contributed by atoms with Crippen LogP contribution in [0.4, 0.5) is 0 Å². The highest BCUT2D eigenvalue weighted by Gasteiger charge is 2.43. The lowest BCUT2D eigenvalue weighted by molar-refractivity contribution is 0.102. The Morgan fingerprint density at radius 3 is 2.07 bits per heavy atom. The molecule has 0 atom stereocenters. The van der Waals surface area contributed by atoms with E-state index in [-0.39, 0.29) is 5.56 Å². The third kappa shape index (κ3) is 4.94. The molecule has 0 heterocycles. The van der Waals surface area contributed by atoms with Crippen LogP contribution in [0.2, 0.25) is 10.0 Å². The van der Waals surface area contributed by atoms with Crippen LogP contribution in [0, 0.1) is 0 Å². The van der Waals surface area contributed by atoms with Crippen LogP contribution in [0.1, 0.15) is 21.5 Å². The van der Waals surface area contributed by atoms with Crippen LogP contribution >= 0.6 is 31.1 Å². The standard InChI is InChI=1S/C20H16Cl2O4P/c21-18-9-4-14(12-19(18)22)10-13-2-1-3-17(11-13)15-5-7-16(8-6-15)20(23)27(24,25)26/h1-9,11-12,24-26H,10H2/q+1. The zero-order chi connectivity index (χ0) is 19.6. The van der Waals surface area contributed by atoms with Crippen LogP contribution < -0.4 is 0 Å². The van der Waals surface area contributed by atoms with Gasteiger partial charge in [-0.05, 0) is 52.9 Å². The Morgan fingerprint density at radius 1 is 0.778 bits per heavy atom. The molecule has 0 spiro atoms. The fraction of sp³-hybridized carbons (Fsp3) is 0.0500. The Balaban J connectivity index is 1.83. The minimum absolute atomic E-state index is 0.0477. The van der Waals surface area contributed by atoms with Gasteiger partial charge in [-0.15, -0.1) is 0 Å². The first-order valence-corrected chi connectivity index (χ1v) is 10.4. The number of carbonyl (C=O) groups is 1. The lowest BCUT2D eigenvalue weighted by Gasteiger charge is -2.08. The maximum absolute atomic E-state index is 11.7. The van der Waals surface area contributed by atoms with Crippen molar-refractivity contribution in [3.8, 4) is 11.1 Å². The number of halogens is 2. The molecule has 138 valence electrons. The van der Waals surface area contributed by atoms with Gasteiger partial charge in [-0.2, -0.15) is 14.7 Å². The summed E-state index contributed by atoms with van der Waals surface area (Å²) in [5, 5.41) is 1.03. The molecular formula is C20H16Cl2O4P+. The van der Waals surface area contributed by atoms with E-state index in [1.165, 1.54) is 12.1 Å². The van der Waals surface area contributed by atoms with Gasteiger partial charge in [0.2, 0.25) is 0 Å². The summed E-state index contributed by atoms with van der Waals surface area (Å²) in [4.78, 5) is 39.0. The summed E-state index contributed by atoms with van der Waals surface area (Å²) in [6.45, 7) is 0. The summed E-state index contributed by atoms with van der Waals surface area (Å²) >= 11 is 12.0. The molecule has 3 aromatic rings. The number of benzene rings is 3. The van der Waals surface area contributed by atoms with E-state index in [0.717, 1.165) is 22.3 Å². The maximum Gasteiger partial charge on any atom is 0.483 e. The molecule has 0 saturated carbocycles. The molecule has 0 saturated heterocycles. The van der Waals surface area contributed by atoms with Gasteiger partial charge < -0.3 is 0 Å². The molecule has 0 fully saturated rings. The Morgan fingerprint density at radius 2 is 1.44 bits per heavy atom. The van der Waals surface area contributed by atoms with Gasteiger partial charge in [0.15, 0.2) is 0 Å². The molecule has 4 nitrogen and oxygen atoms in total. The third-order valence-electron chi connectivity index (χ3n) is 4.06. The maximum atomic E-state index is 11.7. The Kier molecular flexibility index (Phi) is 5.97. The molecule has 3 rings (SSSR count). The quantitative estimate of drug-likeness (QED) is 0.499. The van der Waals surface area contributed by atoms with Crippen LogP contribution in [0.3, 0.4) is 0 Å². The summed E-state index contributed by atoms with van der Waals surface area (Å²) in [5.41, 5.74) is 2.91. The average molecular weight is 422 g/mol. The van der Waals surface area contributed by atoms with E-state index >= 15 is 0 Å². The first kappa shape index (κ1) is 20.0. The molecular weight excluding hydrogens is 406 g/mol. The zero-order valence-electron chi connectivity index (χ0n) is 14.0. The van der Waals surface area contributed by atoms with Crippen molar-refractivity contribution in [1.29, 1.82) is 0 Å². The van der Waals surface area contributed by atoms with Gasteiger partial charge in [-0.1, -0.05) is 65.7 Å². The lowest BCUT2D eigenvalue weighted by Crippen LogP contribution is -2.05. The highest BCUT2D eigenvalue weighted by Crippen LogP contribution is 2.48. The van der Waals surface area contributed by atoms with Crippen molar-refractivity contribution in [3.63, 3.8) is 0 Å². The normalized spacial score (nSPS) is 11.4. The van der Waals surface area contributed by atoms with E-state index in [1.807, 2.05) is 36.4 Å². The SMILES string of the molecule is O=C(c1ccc(-c2cccc(Cc3ccc(Cl)c(Cl)c3)c2)cc1)[P+](O)(O)O. The molecule has 3 N–H and O–H groups in total. The summed E-state index contributed by atoms with van der Waals surface area (Å²) in [6, 6.07) is 19.8. The Bertz CT molecular complexity index is 982. The number of hydrogen-bond donors (Lipinski definition) is 3. The zero-order valence-corrected chi connectivity index (χ0v) is 16.4. The van der Waals surface area contributed by atoms with Gasteiger partial charge >= 0.3 is 13.5 Å². The van der Waals surface area contributed by atoms with E-state index in [4.69, 9.17) is 37.9 Å². The van der Waals surface area contributed by atoms with Crippen LogP contribution in [0.5, 0.6) is 0 Å². The van der Waals surface area contributed by atoms with Crippen LogP contribution in [-0.4, -0.2) is 20.2 Å². The van der Waals surface area contributed by atoms with Crippen LogP contribution in [-0.2, 0) is 6.42 Å². The van der Waals surface area contributed by atoms with E-state index in [0.29, 0.717) is 16.5 Å². The monoisotopic (exact) mass is 421 g/mol. The molecule has 0 aliphatic heterocycles. The van der Waals surface area contributed by atoms with Crippen molar-refractivity contribution in [2.75, 3.05) is 0 Å². The third-order valence-corrected chi connectivity index (χ3v) is 5.60. The van der Waals surface area contributed by atoms with Crippen molar-refractivity contribution < 1.29 is 19.5 Å². The van der Waals surface area contributed by atoms with Crippen molar-refractivity contribution in [1.82, 2.24) is 0 Å². The second-order valence-corrected chi connectivity index (χ2v) is 8.43. The highest BCUT2D eigenvalue weighted by atomic mass is 35.5.